The zero-order valence-electron chi connectivity index (χ0n) is 12.9. The number of hydroxylamine groups is 2. The van der Waals surface area contributed by atoms with Crippen LogP contribution in [0.5, 0.6) is 0 Å². The van der Waals surface area contributed by atoms with Crippen LogP contribution in [-0.4, -0.2) is 23.6 Å². The Labute approximate surface area is 145 Å². The Hall–Kier alpha value is -1.56. The summed E-state index contributed by atoms with van der Waals surface area (Å²) >= 11 is 7.86. The molecular formula is C17H19ClN2O2S. The van der Waals surface area contributed by atoms with Crippen LogP contribution < -0.4 is 5.73 Å². The van der Waals surface area contributed by atoms with Crippen molar-refractivity contribution in [1.29, 1.82) is 0 Å². The minimum atomic E-state index is -0.0928. The molecule has 23 heavy (non-hydrogen) atoms. The first-order chi connectivity index (χ1) is 11.2. The van der Waals surface area contributed by atoms with Gasteiger partial charge < -0.3 is 15.0 Å². The third-order valence-corrected chi connectivity index (χ3v) is 4.54. The van der Waals surface area contributed by atoms with Crippen molar-refractivity contribution in [2.24, 2.45) is 5.73 Å². The highest BCUT2D eigenvalue weighted by Gasteiger charge is 2.29. The predicted molar refractivity (Wildman–Crippen MR) is 95.0 cm³/mol. The van der Waals surface area contributed by atoms with Crippen molar-refractivity contribution in [2.75, 3.05) is 18.6 Å². The van der Waals surface area contributed by atoms with E-state index >= 15 is 0 Å². The van der Waals surface area contributed by atoms with E-state index in [1.165, 1.54) is 0 Å². The minimum Gasteiger partial charge on any atom is -0.459 e. The lowest BCUT2D eigenvalue weighted by Gasteiger charge is -2.20. The monoisotopic (exact) mass is 350 g/mol. The molecule has 1 unspecified atom stereocenters. The van der Waals surface area contributed by atoms with Crippen LogP contribution in [0.1, 0.15) is 18.2 Å². The van der Waals surface area contributed by atoms with Crippen LogP contribution >= 0.6 is 23.4 Å². The van der Waals surface area contributed by atoms with Crippen molar-refractivity contribution in [3.63, 3.8) is 0 Å². The van der Waals surface area contributed by atoms with Crippen molar-refractivity contribution in [3.05, 3.63) is 59.1 Å². The fraction of sp³-hybridized carbons (Fsp3) is 0.294. The number of benzene rings is 1. The van der Waals surface area contributed by atoms with Gasteiger partial charge in [-0.3, -0.25) is 0 Å². The Morgan fingerprint density at radius 2 is 2.17 bits per heavy atom. The van der Waals surface area contributed by atoms with Crippen LogP contribution in [0.25, 0.3) is 11.3 Å². The Balaban J connectivity index is 1.78. The standard InChI is InChI=1S/C17H19ClN2O2S/c1-23-9-3-8-20-14(11-17(19)22-20)16-7-6-15(21-16)12-4-2-5-13(18)10-12/h2,4-7,10-11,14H,3,8-9,19H2,1H3. The van der Waals surface area contributed by atoms with Gasteiger partial charge in [0.25, 0.3) is 0 Å². The van der Waals surface area contributed by atoms with Gasteiger partial charge in [0.05, 0.1) is 0 Å². The van der Waals surface area contributed by atoms with Gasteiger partial charge in [0, 0.05) is 23.2 Å². The minimum absolute atomic E-state index is 0.0928. The van der Waals surface area contributed by atoms with E-state index in [2.05, 4.69) is 6.26 Å². The quantitative estimate of drug-likeness (QED) is 0.780. The van der Waals surface area contributed by atoms with E-state index in [-0.39, 0.29) is 6.04 Å². The molecule has 1 atom stereocenters. The first kappa shape index (κ1) is 16.3. The molecule has 1 aliphatic rings. The normalized spacial score (nSPS) is 18.0. The number of hydrogen-bond donors (Lipinski definition) is 1. The van der Waals surface area contributed by atoms with E-state index in [1.54, 1.807) is 0 Å². The third-order valence-electron chi connectivity index (χ3n) is 3.61. The Morgan fingerprint density at radius 1 is 1.30 bits per heavy atom. The molecule has 0 bridgehead atoms. The second-order valence-electron chi connectivity index (χ2n) is 5.30. The summed E-state index contributed by atoms with van der Waals surface area (Å²) in [5.41, 5.74) is 6.78. The highest BCUT2D eigenvalue weighted by molar-refractivity contribution is 7.98. The second kappa shape index (κ2) is 7.34. The molecule has 1 aromatic heterocycles. The van der Waals surface area contributed by atoms with E-state index in [0.29, 0.717) is 10.9 Å². The Kier molecular flexibility index (Phi) is 5.20. The highest BCUT2D eigenvalue weighted by Crippen LogP contribution is 2.34. The molecule has 0 saturated heterocycles. The van der Waals surface area contributed by atoms with Crippen LogP contribution in [0.2, 0.25) is 5.02 Å². The van der Waals surface area contributed by atoms with Gasteiger partial charge in [0.15, 0.2) is 0 Å². The molecule has 1 aliphatic heterocycles. The summed E-state index contributed by atoms with van der Waals surface area (Å²) in [6, 6.07) is 11.4. The number of nitrogens with zero attached hydrogens (tertiary/aromatic N) is 1. The number of rotatable bonds is 6. The maximum absolute atomic E-state index is 6.04. The molecule has 0 amide bonds. The summed E-state index contributed by atoms with van der Waals surface area (Å²) in [6.45, 7) is 0.801. The van der Waals surface area contributed by atoms with Gasteiger partial charge in [-0.05, 0) is 42.7 Å². The van der Waals surface area contributed by atoms with Gasteiger partial charge in [0.2, 0.25) is 5.88 Å². The molecule has 6 heteroatoms. The highest BCUT2D eigenvalue weighted by atomic mass is 35.5. The summed E-state index contributed by atoms with van der Waals surface area (Å²) in [4.78, 5) is 5.59. The average Bonchev–Trinajstić information content (AvgIpc) is 3.14. The SMILES string of the molecule is CSCCCN1OC(N)=CC1c1ccc(-c2cccc(Cl)c2)o1. The molecule has 2 aromatic rings. The molecule has 0 aliphatic carbocycles. The van der Waals surface area contributed by atoms with Crippen molar-refractivity contribution >= 4 is 23.4 Å². The molecule has 2 N–H and O–H groups in total. The fourth-order valence-electron chi connectivity index (χ4n) is 2.54. The van der Waals surface area contributed by atoms with E-state index < -0.39 is 0 Å². The smallest absolute Gasteiger partial charge is 0.207 e. The van der Waals surface area contributed by atoms with Gasteiger partial charge in [0.1, 0.15) is 17.6 Å². The van der Waals surface area contributed by atoms with Gasteiger partial charge in [-0.1, -0.05) is 23.7 Å². The summed E-state index contributed by atoms with van der Waals surface area (Å²) in [5.74, 6) is 3.09. The molecule has 0 saturated carbocycles. The van der Waals surface area contributed by atoms with Crippen LogP contribution in [-0.2, 0) is 4.84 Å². The van der Waals surface area contributed by atoms with Crippen LogP contribution in [0.3, 0.4) is 0 Å². The molecule has 0 radical (unpaired) electrons. The molecular weight excluding hydrogens is 332 g/mol. The zero-order chi connectivity index (χ0) is 16.2. The van der Waals surface area contributed by atoms with Gasteiger partial charge in [-0.25, -0.2) is 0 Å². The molecule has 2 heterocycles. The lowest BCUT2D eigenvalue weighted by molar-refractivity contribution is -0.122. The maximum atomic E-state index is 6.04. The van der Waals surface area contributed by atoms with Crippen LogP contribution in [0, 0.1) is 0 Å². The van der Waals surface area contributed by atoms with Crippen molar-refractivity contribution in [3.8, 4) is 11.3 Å². The van der Waals surface area contributed by atoms with Crippen LogP contribution in [0.4, 0.5) is 0 Å². The Morgan fingerprint density at radius 3 is 2.96 bits per heavy atom. The third kappa shape index (κ3) is 3.86. The van der Waals surface area contributed by atoms with E-state index in [4.69, 9.17) is 26.6 Å². The number of hydrogen-bond acceptors (Lipinski definition) is 5. The molecule has 3 rings (SSSR count). The van der Waals surface area contributed by atoms with E-state index in [0.717, 1.165) is 35.8 Å². The number of halogens is 1. The van der Waals surface area contributed by atoms with Crippen molar-refractivity contribution < 1.29 is 9.25 Å². The van der Waals surface area contributed by atoms with Gasteiger partial charge in [-0.2, -0.15) is 11.8 Å². The summed E-state index contributed by atoms with van der Waals surface area (Å²) < 4.78 is 6.01. The average molecular weight is 351 g/mol. The first-order valence-corrected chi connectivity index (χ1v) is 9.21. The van der Waals surface area contributed by atoms with Crippen molar-refractivity contribution in [1.82, 2.24) is 5.06 Å². The van der Waals surface area contributed by atoms with Crippen molar-refractivity contribution in [2.45, 2.75) is 12.5 Å². The largest absolute Gasteiger partial charge is 0.459 e. The van der Waals surface area contributed by atoms with E-state index in [9.17, 15) is 0 Å². The number of furan rings is 1. The lowest BCUT2D eigenvalue weighted by atomic mass is 10.2. The molecule has 122 valence electrons. The van der Waals surface area contributed by atoms with E-state index in [1.807, 2.05) is 59.3 Å². The zero-order valence-corrected chi connectivity index (χ0v) is 14.4. The predicted octanol–water partition coefficient (Wildman–Crippen LogP) is 4.44. The maximum Gasteiger partial charge on any atom is 0.207 e. The Bertz CT molecular complexity index is 701. The van der Waals surface area contributed by atoms with Crippen LogP contribution in [0.15, 0.2) is 52.8 Å². The number of nitrogens with two attached hydrogens (primary N) is 1. The first-order valence-electron chi connectivity index (χ1n) is 7.44. The molecule has 4 nitrogen and oxygen atoms in total. The molecule has 0 spiro atoms. The van der Waals surface area contributed by atoms with Gasteiger partial charge >= 0.3 is 0 Å². The summed E-state index contributed by atoms with van der Waals surface area (Å²) in [6.07, 6.45) is 5.00. The summed E-state index contributed by atoms with van der Waals surface area (Å²) in [7, 11) is 0. The lowest BCUT2D eigenvalue weighted by Crippen LogP contribution is -2.25. The second-order valence-corrected chi connectivity index (χ2v) is 6.73. The molecule has 1 aromatic carbocycles. The summed E-state index contributed by atoms with van der Waals surface area (Å²) in [5, 5.41) is 2.55. The number of thioether (sulfide) groups is 1. The topological polar surface area (TPSA) is 51.6 Å². The van der Waals surface area contributed by atoms with Gasteiger partial charge in [-0.15, -0.1) is 5.06 Å². The fourth-order valence-corrected chi connectivity index (χ4v) is 3.15. The molecule has 0 fully saturated rings.